The van der Waals surface area contributed by atoms with Gasteiger partial charge in [-0.2, -0.15) is 0 Å². The maximum atomic E-state index is 6.42. The molecule has 0 spiro atoms. The SMILES string of the molecule is CCN(C1CCCCC1)C1(CN)CC(C)(C)CC(C)(C)C1. The second kappa shape index (κ2) is 6.20. The molecule has 0 bridgehead atoms. The maximum Gasteiger partial charge on any atom is 0.0344 e. The third-order valence-corrected chi connectivity index (χ3v) is 5.92. The molecule has 0 aromatic rings. The lowest BCUT2D eigenvalue weighted by molar-refractivity contribution is -0.0666. The van der Waals surface area contributed by atoms with Gasteiger partial charge in [-0.05, 0) is 49.5 Å². The molecular weight excluding hydrogens is 256 g/mol. The number of rotatable bonds is 4. The van der Waals surface area contributed by atoms with Crippen LogP contribution < -0.4 is 5.73 Å². The average molecular weight is 295 g/mol. The number of nitrogens with two attached hydrogens (primary N) is 1. The zero-order chi connectivity index (χ0) is 15.7. The predicted molar refractivity (Wildman–Crippen MR) is 92.5 cm³/mol. The summed E-state index contributed by atoms with van der Waals surface area (Å²) in [6.45, 7) is 14.1. The summed E-state index contributed by atoms with van der Waals surface area (Å²) in [4.78, 5) is 2.83. The van der Waals surface area contributed by atoms with Crippen LogP contribution in [0.1, 0.15) is 86.0 Å². The van der Waals surface area contributed by atoms with Gasteiger partial charge in [0.05, 0.1) is 0 Å². The van der Waals surface area contributed by atoms with Crippen LogP contribution >= 0.6 is 0 Å². The molecule has 0 radical (unpaired) electrons. The molecule has 2 rings (SSSR count). The average Bonchev–Trinajstić information content (AvgIpc) is 2.37. The fourth-order valence-corrected chi connectivity index (χ4v) is 6.10. The van der Waals surface area contributed by atoms with Crippen molar-refractivity contribution in [2.75, 3.05) is 13.1 Å². The summed E-state index contributed by atoms with van der Waals surface area (Å²) in [6, 6.07) is 0.775. The van der Waals surface area contributed by atoms with Crippen molar-refractivity contribution >= 4 is 0 Å². The van der Waals surface area contributed by atoms with Gasteiger partial charge in [-0.15, -0.1) is 0 Å². The zero-order valence-corrected chi connectivity index (χ0v) is 15.2. The summed E-state index contributed by atoms with van der Waals surface area (Å²) in [5.41, 5.74) is 7.46. The van der Waals surface area contributed by atoms with E-state index in [2.05, 4.69) is 39.5 Å². The van der Waals surface area contributed by atoms with Crippen molar-refractivity contribution in [3.63, 3.8) is 0 Å². The van der Waals surface area contributed by atoms with Crippen LogP contribution in [0.15, 0.2) is 0 Å². The Morgan fingerprint density at radius 2 is 1.43 bits per heavy atom. The smallest absolute Gasteiger partial charge is 0.0344 e. The molecule has 124 valence electrons. The lowest BCUT2D eigenvalue weighted by atomic mass is 9.57. The van der Waals surface area contributed by atoms with Crippen LogP contribution in [-0.4, -0.2) is 29.6 Å². The summed E-state index contributed by atoms with van der Waals surface area (Å²) >= 11 is 0. The lowest BCUT2D eigenvalue weighted by Gasteiger charge is -2.58. The van der Waals surface area contributed by atoms with Gasteiger partial charge in [0.15, 0.2) is 0 Å². The zero-order valence-electron chi connectivity index (χ0n) is 15.2. The first kappa shape index (κ1) is 17.3. The van der Waals surface area contributed by atoms with E-state index in [1.54, 1.807) is 0 Å². The largest absolute Gasteiger partial charge is 0.329 e. The van der Waals surface area contributed by atoms with Crippen LogP contribution in [-0.2, 0) is 0 Å². The van der Waals surface area contributed by atoms with E-state index < -0.39 is 0 Å². The lowest BCUT2D eigenvalue weighted by Crippen LogP contribution is -2.63. The summed E-state index contributed by atoms with van der Waals surface area (Å²) in [6.07, 6.45) is 10.9. The van der Waals surface area contributed by atoms with Crippen LogP contribution in [0.4, 0.5) is 0 Å². The fraction of sp³-hybridized carbons (Fsp3) is 1.00. The van der Waals surface area contributed by atoms with Crippen molar-refractivity contribution in [3.05, 3.63) is 0 Å². The third-order valence-electron chi connectivity index (χ3n) is 5.92. The molecule has 2 N–H and O–H groups in total. The van der Waals surface area contributed by atoms with Gasteiger partial charge in [0.2, 0.25) is 0 Å². The van der Waals surface area contributed by atoms with Gasteiger partial charge in [0.25, 0.3) is 0 Å². The minimum Gasteiger partial charge on any atom is -0.329 e. The van der Waals surface area contributed by atoms with Crippen molar-refractivity contribution in [2.24, 2.45) is 16.6 Å². The first-order valence-corrected chi connectivity index (χ1v) is 9.20. The molecule has 0 amide bonds. The van der Waals surface area contributed by atoms with Gasteiger partial charge in [0.1, 0.15) is 0 Å². The first-order valence-electron chi connectivity index (χ1n) is 9.20. The molecule has 0 aromatic carbocycles. The molecule has 0 aromatic heterocycles. The molecule has 0 saturated heterocycles. The van der Waals surface area contributed by atoms with Gasteiger partial charge >= 0.3 is 0 Å². The van der Waals surface area contributed by atoms with E-state index in [0.717, 1.165) is 19.1 Å². The summed E-state index contributed by atoms with van der Waals surface area (Å²) in [7, 11) is 0. The normalized spacial score (nSPS) is 28.7. The standard InChI is InChI=1S/C19H38N2/c1-6-21(16-10-8-7-9-11-16)19(15-20)13-17(2,3)12-18(4,5)14-19/h16H,6-15,20H2,1-5H3. The van der Waals surface area contributed by atoms with Gasteiger partial charge < -0.3 is 5.73 Å². The Morgan fingerprint density at radius 1 is 0.905 bits per heavy atom. The minimum absolute atomic E-state index is 0.224. The van der Waals surface area contributed by atoms with Crippen molar-refractivity contribution in [1.82, 2.24) is 4.90 Å². The highest BCUT2D eigenvalue weighted by Crippen LogP contribution is 2.52. The van der Waals surface area contributed by atoms with Crippen molar-refractivity contribution in [1.29, 1.82) is 0 Å². The number of likely N-dealkylation sites (N-methyl/N-ethyl adjacent to an activating group) is 1. The molecule has 2 aliphatic rings. The molecule has 0 unspecified atom stereocenters. The highest BCUT2D eigenvalue weighted by Gasteiger charge is 2.50. The van der Waals surface area contributed by atoms with E-state index in [9.17, 15) is 0 Å². The molecule has 0 heterocycles. The van der Waals surface area contributed by atoms with Gasteiger partial charge in [-0.1, -0.05) is 53.9 Å². The van der Waals surface area contributed by atoms with Gasteiger partial charge in [-0.25, -0.2) is 0 Å². The van der Waals surface area contributed by atoms with Gasteiger partial charge in [0, 0.05) is 18.1 Å². The molecule has 0 atom stereocenters. The minimum atomic E-state index is 0.224. The Bertz CT molecular complexity index is 323. The highest BCUT2D eigenvalue weighted by molar-refractivity contribution is 5.05. The Morgan fingerprint density at radius 3 is 1.86 bits per heavy atom. The molecule has 0 aliphatic heterocycles. The first-order chi connectivity index (χ1) is 9.74. The second-order valence-electron chi connectivity index (χ2n) is 9.37. The number of hydrogen-bond acceptors (Lipinski definition) is 2. The Balaban J connectivity index is 2.28. The fourth-order valence-electron chi connectivity index (χ4n) is 6.10. The van der Waals surface area contributed by atoms with Crippen LogP contribution in [0.3, 0.4) is 0 Å². The summed E-state index contributed by atoms with van der Waals surface area (Å²) < 4.78 is 0. The van der Waals surface area contributed by atoms with Crippen LogP contribution in [0.25, 0.3) is 0 Å². The Labute approximate surface area is 132 Å². The summed E-state index contributed by atoms with van der Waals surface area (Å²) in [5, 5.41) is 0. The van der Waals surface area contributed by atoms with Crippen LogP contribution in [0.2, 0.25) is 0 Å². The Hall–Kier alpha value is -0.0800. The molecule has 2 aliphatic carbocycles. The summed E-state index contributed by atoms with van der Waals surface area (Å²) in [5.74, 6) is 0. The van der Waals surface area contributed by atoms with E-state index in [0.29, 0.717) is 10.8 Å². The molecule has 2 saturated carbocycles. The molecular formula is C19H38N2. The second-order valence-corrected chi connectivity index (χ2v) is 9.37. The monoisotopic (exact) mass is 294 g/mol. The van der Waals surface area contributed by atoms with Crippen molar-refractivity contribution < 1.29 is 0 Å². The highest BCUT2D eigenvalue weighted by atomic mass is 15.2. The molecule has 2 heteroatoms. The van der Waals surface area contributed by atoms with E-state index >= 15 is 0 Å². The van der Waals surface area contributed by atoms with E-state index in [-0.39, 0.29) is 5.54 Å². The molecule has 2 nitrogen and oxygen atoms in total. The predicted octanol–water partition coefficient (Wildman–Crippen LogP) is 4.57. The van der Waals surface area contributed by atoms with Crippen molar-refractivity contribution in [2.45, 2.75) is 97.6 Å². The van der Waals surface area contributed by atoms with Crippen LogP contribution in [0, 0.1) is 10.8 Å². The topological polar surface area (TPSA) is 29.3 Å². The van der Waals surface area contributed by atoms with Crippen LogP contribution in [0.5, 0.6) is 0 Å². The molecule has 2 fully saturated rings. The quantitative estimate of drug-likeness (QED) is 0.822. The van der Waals surface area contributed by atoms with Gasteiger partial charge in [-0.3, -0.25) is 4.90 Å². The Kier molecular flexibility index (Phi) is 5.10. The van der Waals surface area contributed by atoms with E-state index in [1.807, 2.05) is 0 Å². The van der Waals surface area contributed by atoms with E-state index in [1.165, 1.54) is 51.4 Å². The maximum absolute atomic E-state index is 6.42. The number of hydrogen-bond donors (Lipinski definition) is 1. The van der Waals surface area contributed by atoms with Crippen molar-refractivity contribution in [3.8, 4) is 0 Å². The third kappa shape index (κ3) is 3.82. The molecule has 21 heavy (non-hydrogen) atoms. The van der Waals surface area contributed by atoms with E-state index in [4.69, 9.17) is 5.73 Å². The number of nitrogens with zero attached hydrogens (tertiary/aromatic N) is 1.